The quantitative estimate of drug-likeness (QED) is 0.492. The second-order valence-corrected chi connectivity index (χ2v) is 4.06. The van der Waals surface area contributed by atoms with Gasteiger partial charge in [-0.2, -0.15) is 0 Å². The highest BCUT2D eigenvalue weighted by molar-refractivity contribution is 5.88. The molecule has 2 nitrogen and oxygen atoms in total. The molecule has 2 aromatic carbocycles. The summed E-state index contributed by atoms with van der Waals surface area (Å²) >= 11 is 0. The SMILES string of the molecule is O=C([O-])c1c(F)c(F)c(F)c(F)c1Cc1ccccc1. The van der Waals surface area contributed by atoms with Crippen molar-refractivity contribution in [3.05, 3.63) is 70.3 Å². The molecule has 0 aromatic heterocycles. The molecule has 0 bridgehead atoms. The van der Waals surface area contributed by atoms with Crippen molar-refractivity contribution in [2.24, 2.45) is 0 Å². The van der Waals surface area contributed by atoms with E-state index in [-0.39, 0.29) is 0 Å². The predicted molar refractivity (Wildman–Crippen MR) is 59.9 cm³/mol. The first-order valence-electron chi connectivity index (χ1n) is 5.53. The maximum Gasteiger partial charge on any atom is 0.198 e. The molecular formula is C14H7F4O2-. The number of aromatic carboxylic acids is 1. The molecule has 0 saturated carbocycles. The Balaban J connectivity index is 2.65. The van der Waals surface area contributed by atoms with Crippen molar-refractivity contribution in [3.8, 4) is 0 Å². The number of carbonyl (C=O) groups excluding carboxylic acids is 1. The van der Waals surface area contributed by atoms with Crippen LogP contribution in [0.3, 0.4) is 0 Å². The van der Waals surface area contributed by atoms with Crippen molar-refractivity contribution < 1.29 is 27.5 Å². The smallest absolute Gasteiger partial charge is 0.198 e. The normalized spacial score (nSPS) is 10.6. The molecule has 0 unspecified atom stereocenters. The maximum absolute atomic E-state index is 13.7. The molecule has 2 rings (SSSR count). The fourth-order valence-corrected chi connectivity index (χ4v) is 1.86. The summed E-state index contributed by atoms with van der Waals surface area (Å²) < 4.78 is 53.4. The number of hydrogen-bond acceptors (Lipinski definition) is 2. The molecule has 2 aromatic rings. The van der Waals surface area contributed by atoms with Gasteiger partial charge in [-0.1, -0.05) is 30.3 Å². The molecule has 0 radical (unpaired) electrons. The summed E-state index contributed by atoms with van der Waals surface area (Å²) in [5.74, 6) is -10.0. The molecule has 0 aliphatic carbocycles. The Morgan fingerprint density at radius 2 is 1.45 bits per heavy atom. The van der Waals surface area contributed by atoms with E-state index in [1.165, 1.54) is 12.1 Å². The Morgan fingerprint density at radius 1 is 0.900 bits per heavy atom. The first-order valence-corrected chi connectivity index (χ1v) is 5.53. The van der Waals surface area contributed by atoms with E-state index in [2.05, 4.69) is 0 Å². The lowest BCUT2D eigenvalue weighted by Gasteiger charge is -2.14. The second kappa shape index (κ2) is 5.32. The van der Waals surface area contributed by atoms with E-state index < -0.39 is 46.8 Å². The summed E-state index contributed by atoms with van der Waals surface area (Å²) in [5, 5.41) is 10.8. The largest absolute Gasteiger partial charge is 0.545 e. The average molecular weight is 283 g/mol. The van der Waals surface area contributed by atoms with E-state index in [0.29, 0.717) is 5.56 Å². The van der Waals surface area contributed by atoms with Crippen LogP contribution in [-0.2, 0) is 6.42 Å². The van der Waals surface area contributed by atoms with E-state index in [1.807, 2.05) is 0 Å². The third-order valence-corrected chi connectivity index (χ3v) is 2.79. The number of halogens is 4. The summed E-state index contributed by atoms with van der Waals surface area (Å²) in [7, 11) is 0. The minimum absolute atomic E-state index is 0.399. The van der Waals surface area contributed by atoms with Crippen LogP contribution in [0.15, 0.2) is 30.3 Å². The zero-order valence-electron chi connectivity index (χ0n) is 9.92. The van der Waals surface area contributed by atoms with Crippen LogP contribution < -0.4 is 5.11 Å². The molecule has 0 saturated heterocycles. The van der Waals surface area contributed by atoms with Gasteiger partial charge in [0.15, 0.2) is 23.3 Å². The Labute approximate surface area is 111 Å². The van der Waals surface area contributed by atoms with Gasteiger partial charge in [0.05, 0.1) is 5.97 Å². The van der Waals surface area contributed by atoms with Crippen molar-refractivity contribution in [1.29, 1.82) is 0 Å². The summed E-state index contributed by atoms with van der Waals surface area (Å²) in [6.45, 7) is 0. The van der Waals surface area contributed by atoms with Crippen molar-refractivity contribution in [3.63, 3.8) is 0 Å². The Kier molecular flexibility index (Phi) is 3.74. The van der Waals surface area contributed by atoms with E-state index in [1.54, 1.807) is 18.2 Å². The first kappa shape index (κ1) is 14.0. The van der Waals surface area contributed by atoms with Gasteiger partial charge in [-0.05, 0) is 5.56 Å². The molecule has 0 atom stereocenters. The monoisotopic (exact) mass is 283 g/mol. The maximum atomic E-state index is 13.7. The van der Waals surface area contributed by atoms with E-state index in [4.69, 9.17) is 0 Å². The van der Waals surface area contributed by atoms with Gasteiger partial charge in [0.1, 0.15) is 0 Å². The molecule has 0 aliphatic heterocycles. The molecule has 0 spiro atoms. The average Bonchev–Trinajstić information content (AvgIpc) is 2.43. The van der Waals surface area contributed by atoms with E-state index in [9.17, 15) is 27.5 Å². The fourth-order valence-electron chi connectivity index (χ4n) is 1.86. The Bertz CT molecular complexity index is 669. The molecule has 104 valence electrons. The number of carboxylic acids is 1. The minimum atomic E-state index is -2.17. The van der Waals surface area contributed by atoms with Gasteiger partial charge in [-0.15, -0.1) is 0 Å². The van der Waals surface area contributed by atoms with Crippen molar-refractivity contribution in [1.82, 2.24) is 0 Å². The van der Waals surface area contributed by atoms with Crippen LogP contribution in [0.1, 0.15) is 21.5 Å². The molecule has 0 aliphatic rings. The van der Waals surface area contributed by atoms with Crippen LogP contribution in [0.5, 0.6) is 0 Å². The van der Waals surface area contributed by atoms with Crippen LogP contribution in [0.2, 0.25) is 0 Å². The van der Waals surface area contributed by atoms with Crippen LogP contribution >= 0.6 is 0 Å². The number of hydrogen-bond donors (Lipinski definition) is 0. The molecule has 20 heavy (non-hydrogen) atoms. The predicted octanol–water partition coefficient (Wildman–Crippen LogP) is 2.20. The van der Waals surface area contributed by atoms with E-state index >= 15 is 0 Å². The molecule has 6 heteroatoms. The fraction of sp³-hybridized carbons (Fsp3) is 0.0714. The van der Waals surface area contributed by atoms with Gasteiger partial charge in [-0.3, -0.25) is 0 Å². The summed E-state index contributed by atoms with van der Waals surface area (Å²) in [6.07, 6.45) is -0.399. The Morgan fingerprint density at radius 3 is 2.00 bits per heavy atom. The van der Waals surface area contributed by atoms with Gasteiger partial charge in [0.2, 0.25) is 0 Å². The molecular weight excluding hydrogens is 276 g/mol. The van der Waals surface area contributed by atoms with Gasteiger partial charge in [0.25, 0.3) is 0 Å². The summed E-state index contributed by atoms with van der Waals surface area (Å²) in [5.41, 5.74) is -1.67. The summed E-state index contributed by atoms with van der Waals surface area (Å²) in [4.78, 5) is 10.8. The van der Waals surface area contributed by atoms with Gasteiger partial charge in [0, 0.05) is 17.5 Å². The van der Waals surface area contributed by atoms with Gasteiger partial charge in [-0.25, -0.2) is 17.6 Å². The van der Waals surface area contributed by atoms with Gasteiger partial charge < -0.3 is 9.90 Å². The molecule has 0 fully saturated rings. The van der Waals surface area contributed by atoms with Crippen molar-refractivity contribution in [2.75, 3.05) is 0 Å². The third-order valence-electron chi connectivity index (χ3n) is 2.79. The lowest BCUT2D eigenvalue weighted by atomic mass is 9.98. The Hall–Kier alpha value is -2.37. The van der Waals surface area contributed by atoms with Crippen LogP contribution in [0, 0.1) is 23.3 Å². The molecule has 0 amide bonds. The summed E-state index contributed by atoms with van der Waals surface area (Å²) in [6, 6.07) is 7.85. The van der Waals surface area contributed by atoms with Gasteiger partial charge >= 0.3 is 0 Å². The van der Waals surface area contributed by atoms with Crippen LogP contribution in [0.4, 0.5) is 17.6 Å². The van der Waals surface area contributed by atoms with Crippen molar-refractivity contribution in [2.45, 2.75) is 6.42 Å². The number of rotatable bonds is 3. The number of carboxylic acid groups (broad SMARTS) is 1. The topological polar surface area (TPSA) is 40.1 Å². The lowest BCUT2D eigenvalue weighted by Crippen LogP contribution is -2.27. The van der Waals surface area contributed by atoms with E-state index in [0.717, 1.165) is 0 Å². The zero-order chi connectivity index (χ0) is 14.9. The lowest BCUT2D eigenvalue weighted by molar-refractivity contribution is -0.255. The first-order chi connectivity index (χ1) is 9.43. The molecule has 0 heterocycles. The zero-order valence-corrected chi connectivity index (χ0v) is 9.92. The highest BCUT2D eigenvalue weighted by Crippen LogP contribution is 2.26. The van der Waals surface area contributed by atoms with Crippen LogP contribution in [-0.4, -0.2) is 5.97 Å². The second-order valence-electron chi connectivity index (χ2n) is 4.06. The number of benzene rings is 2. The highest BCUT2D eigenvalue weighted by Gasteiger charge is 2.25. The van der Waals surface area contributed by atoms with Crippen LogP contribution in [0.25, 0.3) is 0 Å². The third kappa shape index (κ3) is 2.36. The highest BCUT2D eigenvalue weighted by atomic mass is 19.2. The number of carbonyl (C=O) groups is 1. The standard InChI is InChI=1S/C14H8F4O2/c15-10-8(6-7-4-2-1-3-5-7)9(14(19)20)11(16)13(18)12(10)17/h1-5H,6H2,(H,19,20)/p-1. The minimum Gasteiger partial charge on any atom is -0.545 e. The molecule has 0 N–H and O–H groups in total. The van der Waals surface area contributed by atoms with Crippen molar-refractivity contribution >= 4 is 5.97 Å².